The number of hydrogen-bond acceptors (Lipinski definition) is 5. The van der Waals surface area contributed by atoms with Gasteiger partial charge in [0.05, 0.1) is 0 Å². The number of carbonyl (C=O) groups excluding carboxylic acids is 3. The first-order valence-corrected chi connectivity index (χ1v) is 4.88. The first-order valence-electron chi connectivity index (χ1n) is 4.88. The van der Waals surface area contributed by atoms with Gasteiger partial charge in [-0.05, 0) is 6.92 Å². The van der Waals surface area contributed by atoms with E-state index in [9.17, 15) is 24.3 Å². The van der Waals surface area contributed by atoms with Crippen molar-refractivity contribution in [1.29, 1.82) is 0 Å². The molecule has 0 spiro atoms. The third kappa shape index (κ3) is 3.69. The minimum absolute atomic E-state index is 0. The van der Waals surface area contributed by atoms with Crippen molar-refractivity contribution in [3.05, 3.63) is 0 Å². The number of carboxylic acid groups (broad SMARTS) is 2. The molecule has 18 heavy (non-hydrogen) atoms. The van der Waals surface area contributed by atoms with Crippen LogP contribution in [0, 0.1) is 0 Å². The predicted molar refractivity (Wildman–Crippen MR) is 50.4 cm³/mol. The second-order valence-electron chi connectivity index (χ2n) is 3.69. The molecule has 1 unspecified atom stereocenters. The van der Waals surface area contributed by atoms with Crippen LogP contribution in [0.5, 0.6) is 0 Å². The molecule has 94 valence electrons. The molecule has 0 aromatic heterocycles. The molecule has 1 atom stereocenters. The van der Waals surface area contributed by atoms with Gasteiger partial charge < -0.3 is 24.8 Å². The van der Waals surface area contributed by atoms with E-state index in [0.29, 0.717) is 0 Å². The van der Waals surface area contributed by atoms with Gasteiger partial charge in [0.2, 0.25) is 0 Å². The molecule has 1 heterocycles. The van der Waals surface area contributed by atoms with Crippen molar-refractivity contribution >= 4 is 23.8 Å². The van der Waals surface area contributed by atoms with Crippen LogP contribution < -0.4 is 34.7 Å². The summed E-state index contributed by atoms with van der Waals surface area (Å²) in [5.41, 5.74) is 0. The van der Waals surface area contributed by atoms with E-state index in [2.05, 4.69) is 0 Å². The SMILES string of the molecule is CC1CN(C(=O)C(=O)O)CCN1C(=O)C(=O)[O-].[Na+]. The Morgan fingerprint density at radius 3 is 2.11 bits per heavy atom. The molecule has 1 rings (SSSR count). The molecule has 0 bridgehead atoms. The van der Waals surface area contributed by atoms with Crippen LogP contribution in [0.3, 0.4) is 0 Å². The van der Waals surface area contributed by atoms with E-state index in [1.807, 2.05) is 0 Å². The van der Waals surface area contributed by atoms with Gasteiger partial charge in [-0.15, -0.1) is 0 Å². The zero-order chi connectivity index (χ0) is 13.2. The van der Waals surface area contributed by atoms with Gasteiger partial charge in [0.25, 0.3) is 5.91 Å². The summed E-state index contributed by atoms with van der Waals surface area (Å²) in [6.45, 7) is 1.49. The smallest absolute Gasteiger partial charge is 0.540 e. The number of nitrogens with zero attached hydrogens (tertiary/aromatic N) is 2. The number of carboxylic acids is 2. The number of piperazine rings is 1. The third-order valence-electron chi connectivity index (χ3n) is 2.53. The van der Waals surface area contributed by atoms with Crippen LogP contribution in [0.4, 0.5) is 0 Å². The molecular formula is C9H11N2NaO6. The number of aliphatic carboxylic acids is 2. The van der Waals surface area contributed by atoms with Crippen LogP contribution in [0.25, 0.3) is 0 Å². The van der Waals surface area contributed by atoms with E-state index in [-0.39, 0.29) is 49.2 Å². The zero-order valence-corrected chi connectivity index (χ0v) is 12.1. The molecule has 0 aliphatic carbocycles. The summed E-state index contributed by atoms with van der Waals surface area (Å²) >= 11 is 0. The number of carbonyl (C=O) groups is 4. The maximum atomic E-state index is 11.2. The second-order valence-corrected chi connectivity index (χ2v) is 3.69. The maximum Gasteiger partial charge on any atom is 1.00 e. The van der Waals surface area contributed by atoms with Crippen LogP contribution in [-0.2, 0) is 19.2 Å². The molecule has 9 heteroatoms. The van der Waals surface area contributed by atoms with Crippen molar-refractivity contribution < 1.29 is 58.9 Å². The van der Waals surface area contributed by atoms with Crippen molar-refractivity contribution in [2.45, 2.75) is 13.0 Å². The maximum absolute atomic E-state index is 11.2. The Hall–Kier alpha value is -1.12. The molecule has 1 aliphatic heterocycles. The first kappa shape index (κ1) is 16.9. The minimum Gasteiger partial charge on any atom is -0.540 e. The van der Waals surface area contributed by atoms with Crippen LogP contribution in [0.15, 0.2) is 0 Å². The zero-order valence-electron chi connectivity index (χ0n) is 10.1. The third-order valence-corrected chi connectivity index (χ3v) is 2.53. The number of amides is 2. The molecule has 1 saturated heterocycles. The van der Waals surface area contributed by atoms with Gasteiger partial charge in [-0.2, -0.15) is 0 Å². The number of rotatable bonds is 0. The van der Waals surface area contributed by atoms with Gasteiger partial charge >= 0.3 is 41.4 Å². The standard InChI is InChI=1S/C9H12N2O6.Na/c1-5-4-10(6(12)8(14)15)2-3-11(5)7(13)9(16)17;/h5H,2-4H2,1H3,(H,14,15)(H,16,17);/q;+1/p-1. The van der Waals surface area contributed by atoms with E-state index in [4.69, 9.17) is 5.11 Å². The fraction of sp³-hybridized carbons (Fsp3) is 0.556. The van der Waals surface area contributed by atoms with Crippen LogP contribution in [-0.4, -0.2) is 64.3 Å². The summed E-state index contributed by atoms with van der Waals surface area (Å²) in [6.07, 6.45) is 0. The largest absolute Gasteiger partial charge is 1.00 e. The molecule has 0 aromatic rings. The van der Waals surface area contributed by atoms with Crippen molar-refractivity contribution in [3.63, 3.8) is 0 Å². The van der Waals surface area contributed by atoms with E-state index >= 15 is 0 Å². The van der Waals surface area contributed by atoms with Gasteiger partial charge in [-0.1, -0.05) is 0 Å². The molecule has 1 N–H and O–H groups in total. The Balaban J connectivity index is 0.00000289. The normalized spacial score (nSPS) is 18.8. The van der Waals surface area contributed by atoms with Gasteiger partial charge in [-0.3, -0.25) is 9.59 Å². The molecule has 8 nitrogen and oxygen atoms in total. The van der Waals surface area contributed by atoms with Gasteiger partial charge in [0, 0.05) is 25.7 Å². The van der Waals surface area contributed by atoms with E-state index in [1.54, 1.807) is 0 Å². The summed E-state index contributed by atoms with van der Waals surface area (Å²) in [5, 5.41) is 18.9. The summed E-state index contributed by atoms with van der Waals surface area (Å²) in [5.74, 6) is -5.59. The van der Waals surface area contributed by atoms with E-state index in [0.717, 1.165) is 9.80 Å². The van der Waals surface area contributed by atoms with Crippen molar-refractivity contribution in [2.24, 2.45) is 0 Å². The molecule has 0 saturated carbocycles. The van der Waals surface area contributed by atoms with Crippen LogP contribution >= 0.6 is 0 Å². The fourth-order valence-electron chi connectivity index (χ4n) is 1.70. The fourth-order valence-corrected chi connectivity index (χ4v) is 1.70. The topological polar surface area (TPSA) is 118 Å². The Labute approximate surface area is 125 Å². The van der Waals surface area contributed by atoms with Crippen molar-refractivity contribution in [1.82, 2.24) is 9.80 Å². The molecule has 1 fully saturated rings. The average Bonchev–Trinajstić information content (AvgIpc) is 2.26. The first-order chi connectivity index (χ1) is 7.84. The van der Waals surface area contributed by atoms with Gasteiger partial charge in [-0.25, -0.2) is 4.79 Å². The van der Waals surface area contributed by atoms with Crippen molar-refractivity contribution in [2.75, 3.05) is 19.6 Å². The molecular weight excluding hydrogens is 255 g/mol. The minimum atomic E-state index is -1.81. The predicted octanol–water partition coefficient (Wildman–Crippen LogP) is -6.12. The monoisotopic (exact) mass is 266 g/mol. The van der Waals surface area contributed by atoms with Crippen LogP contribution in [0.2, 0.25) is 0 Å². The van der Waals surface area contributed by atoms with E-state index in [1.165, 1.54) is 6.92 Å². The summed E-state index contributed by atoms with van der Waals surface area (Å²) in [4.78, 5) is 45.3. The second kappa shape index (κ2) is 6.72. The summed E-state index contributed by atoms with van der Waals surface area (Å²) in [6, 6.07) is -0.558. The Morgan fingerprint density at radius 1 is 1.17 bits per heavy atom. The quantitative estimate of drug-likeness (QED) is 0.344. The summed E-state index contributed by atoms with van der Waals surface area (Å²) < 4.78 is 0. The van der Waals surface area contributed by atoms with E-state index < -0.39 is 29.8 Å². The van der Waals surface area contributed by atoms with Crippen molar-refractivity contribution in [3.8, 4) is 0 Å². The molecule has 0 radical (unpaired) electrons. The van der Waals surface area contributed by atoms with Crippen LogP contribution in [0.1, 0.15) is 6.92 Å². The van der Waals surface area contributed by atoms with Gasteiger partial charge in [0.15, 0.2) is 0 Å². The molecule has 2 amide bonds. The summed E-state index contributed by atoms with van der Waals surface area (Å²) in [7, 11) is 0. The van der Waals surface area contributed by atoms with Gasteiger partial charge in [0.1, 0.15) is 5.97 Å². The Morgan fingerprint density at radius 2 is 1.72 bits per heavy atom. The number of hydrogen-bond donors (Lipinski definition) is 1. The molecule has 1 aliphatic rings. The Kier molecular flexibility index (Phi) is 6.30. The molecule has 0 aromatic carbocycles. The Bertz CT molecular complexity index is 385. The average molecular weight is 266 g/mol.